The molecule has 0 aliphatic carbocycles. The number of halogens is 1. The van der Waals surface area contributed by atoms with Crippen LogP contribution in [0, 0.1) is 6.92 Å². The first-order valence-corrected chi connectivity index (χ1v) is 8.14. The molecular formula is C17H19ClN2O2. The van der Waals surface area contributed by atoms with Crippen molar-refractivity contribution in [2.75, 3.05) is 19.9 Å². The molecule has 0 bridgehead atoms. The lowest BCUT2D eigenvalue weighted by molar-refractivity contribution is 0.0283. The first kappa shape index (κ1) is 14.2. The highest BCUT2D eigenvalue weighted by atomic mass is 35.5. The molecule has 0 radical (unpaired) electrons. The third-order valence-corrected chi connectivity index (χ3v) is 4.70. The second-order valence-corrected chi connectivity index (χ2v) is 6.52. The molecule has 4 nitrogen and oxygen atoms in total. The van der Waals surface area contributed by atoms with Crippen molar-refractivity contribution in [3.8, 4) is 5.75 Å². The number of fused-ring (bicyclic) bond motifs is 3. The summed E-state index contributed by atoms with van der Waals surface area (Å²) in [5.74, 6) is 0.939. The van der Waals surface area contributed by atoms with E-state index < -0.39 is 0 Å². The zero-order valence-corrected chi connectivity index (χ0v) is 13.4. The Hall–Kier alpha value is -1.36. The Kier molecular flexibility index (Phi) is 3.68. The molecule has 2 aliphatic rings. The van der Waals surface area contributed by atoms with Crippen LogP contribution in [0.2, 0.25) is 5.02 Å². The van der Waals surface area contributed by atoms with Gasteiger partial charge in [0.2, 0.25) is 0 Å². The average Bonchev–Trinajstić information content (AvgIpc) is 3.01. The monoisotopic (exact) mass is 318 g/mol. The molecule has 0 N–H and O–H groups in total. The SMILES string of the molecule is Cc1nc2ccc(Cl)cc2c2c1CN(CC1CCCO1)CO2. The van der Waals surface area contributed by atoms with Gasteiger partial charge in [0, 0.05) is 41.4 Å². The van der Waals surface area contributed by atoms with Crippen LogP contribution in [0.1, 0.15) is 24.1 Å². The lowest BCUT2D eigenvalue weighted by atomic mass is 10.1. The predicted molar refractivity (Wildman–Crippen MR) is 86.4 cm³/mol. The van der Waals surface area contributed by atoms with Gasteiger partial charge in [-0.25, -0.2) is 0 Å². The Bertz CT molecular complexity index is 713. The van der Waals surface area contributed by atoms with Gasteiger partial charge in [0.05, 0.1) is 11.6 Å². The number of hydrogen-bond donors (Lipinski definition) is 0. The van der Waals surface area contributed by atoms with E-state index in [1.54, 1.807) is 0 Å². The van der Waals surface area contributed by atoms with Crippen molar-refractivity contribution in [1.29, 1.82) is 0 Å². The lowest BCUT2D eigenvalue weighted by Gasteiger charge is -2.31. The molecule has 1 saturated heterocycles. The second kappa shape index (κ2) is 5.69. The molecule has 0 amide bonds. The van der Waals surface area contributed by atoms with Gasteiger partial charge >= 0.3 is 0 Å². The maximum absolute atomic E-state index is 6.13. The zero-order chi connectivity index (χ0) is 15.1. The number of hydrogen-bond acceptors (Lipinski definition) is 4. The Morgan fingerprint density at radius 3 is 3.14 bits per heavy atom. The minimum absolute atomic E-state index is 0.341. The van der Waals surface area contributed by atoms with Gasteiger partial charge in [-0.15, -0.1) is 0 Å². The Morgan fingerprint density at radius 1 is 1.41 bits per heavy atom. The third kappa shape index (κ3) is 2.56. The molecule has 2 aromatic rings. The van der Waals surface area contributed by atoms with E-state index in [0.29, 0.717) is 17.9 Å². The summed E-state index contributed by atoms with van der Waals surface area (Å²) in [6, 6.07) is 5.76. The largest absolute Gasteiger partial charge is 0.477 e. The molecule has 1 aromatic heterocycles. The highest BCUT2D eigenvalue weighted by molar-refractivity contribution is 6.31. The summed E-state index contributed by atoms with van der Waals surface area (Å²) in [7, 11) is 0. The van der Waals surface area contributed by atoms with Crippen LogP contribution < -0.4 is 4.74 Å². The fraction of sp³-hybridized carbons (Fsp3) is 0.471. The normalized spacial score (nSPS) is 21.8. The maximum Gasteiger partial charge on any atom is 0.142 e. The summed E-state index contributed by atoms with van der Waals surface area (Å²) >= 11 is 6.13. The molecule has 0 spiro atoms. The van der Waals surface area contributed by atoms with Crippen LogP contribution >= 0.6 is 11.6 Å². The van der Waals surface area contributed by atoms with Gasteiger partial charge in [0.25, 0.3) is 0 Å². The number of aromatic nitrogens is 1. The molecule has 2 aliphatic heterocycles. The van der Waals surface area contributed by atoms with Crippen LogP contribution in [0.15, 0.2) is 18.2 Å². The molecule has 5 heteroatoms. The van der Waals surface area contributed by atoms with Crippen molar-refractivity contribution in [2.45, 2.75) is 32.4 Å². The topological polar surface area (TPSA) is 34.6 Å². The van der Waals surface area contributed by atoms with E-state index in [-0.39, 0.29) is 0 Å². The van der Waals surface area contributed by atoms with E-state index in [4.69, 9.17) is 26.1 Å². The predicted octanol–water partition coefficient (Wildman–Crippen LogP) is 3.53. The quantitative estimate of drug-likeness (QED) is 0.848. The average molecular weight is 319 g/mol. The van der Waals surface area contributed by atoms with Gasteiger partial charge < -0.3 is 9.47 Å². The van der Waals surface area contributed by atoms with Gasteiger partial charge in [-0.2, -0.15) is 0 Å². The highest BCUT2D eigenvalue weighted by Gasteiger charge is 2.26. The fourth-order valence-electron chi connectivity index (χ4n) is 3.33. The lowest BCUT2D eigenvalue weighted by Crippen LogP contribution is -2.38. The third-order valence-electron chi connectivity index (χ3n) is 4.46. The molecule has 116 valence electrons. The van der Waals surface area contributed by atoms with Gasteiger partial charge in [0.15, 0.2) is 0 Å². The fourth-order valence-corrected chi connectivity index (χ4v) is 3.50. The summed E-state index contributed by atoms with van der Waals surface area (Å²) in [5.41, 5.74) is 3.13. The van der Waals surface area contributed by atoms with Crippen molar-refractivity contribution in [2.24, 2.45) is 0 Å². The number of ether oxygens (including phenoxy) is 2. The Balaban J connectivity index is 1.66. The van der Waals surface area contributed by atoms with E-state index in [1.165, 1.54) is 12.0 Å². The van der Waals surface area contributed by atoms with Gasteiger partial charge in [-0.1, -0.05) is 11.6 Å². The summed E-state index contributed by atoms with van der Waals surface area (Å²) in [6.07, 6.45) is 2.65. The summed E-state index contributed by atoms with van der Waals surface area (Å²) < 4.78 is 11.8. The van der Waals surface area contributed by atoms with E-state index >= 15 is 0 Å². The molecule has 1 unspecified atom stereocenters. The van der Waals surface area contributed by atoms with Crippen molar-refractivity contribution in [3.63, 3.8) is 0 Å². The second-order valence-electron chi connectivity index (χ2n) is 6.09. The molecule has 22 heavy (non-hydrogen) atoms. The van der Waals surface area contributed by atoms with Crippen molar-refractivity contribution in [3.05, 3.63) is 34.5 Å². The highest BCUT2D eigenvalue weighted by Crippen LogP contribution is 2.36. The number of rotatable bonds is 2. The molecule has 1 aromatic carbocycles. The number of pyridine rings is 1. The standard InChI is InChI=1S/C17H19ClN2O2/c1-11-15-9-20(8-13-3-2-6-21-13)10-22-17(15)14-7-12(18)4-5-16(14)19-11/h4-5,7,13H,2-3,6,8-10H2,1H3. The molecular weight excluding hydrogens is 300 g/mol. The zero-order valence-electron chi connectivity index (χ0n) is 12.6. The summed E-state index contributed by atoms with van der Waals surface area (Å²) in [4.78, 5) is 6.99. The first-order chi connectivity index (χ1) is 10.7. The number of nitrogens with zero attached hydrogens (tertiary/aromatic N) is 2. The van der Waals surface area contributed by atoms with Crippen LogP contribution in [0.5, 0.6) is 5.75 Å². The van der Waals surface area contributed by atoms with Crippen molar-refractivity contribution >= 4 is 22.5 Å². The first-order valence-electron chi connectivity index (χ1n) is 7.76. The molecule has 4 rings (SSSR count). The van der Waals surface area contributed by atoms with Crippen LogP contribution in [0.3, 0.4) is 0 Å². The molecule has 3 heterocycles. The van der Waals surface area contributed by atoms with E-state index in [0.717, 1.165) is 48.5 Å². The molecule has 1 atom stereocenters. The maximum atomic E-state index is 6.13. The van der Waals surface area contributed by atoms with Crippen LogP contribution in [0.4, 0.5) is 0 Å². The minimum atomic E-state index is 0.341. The molecule has 0 saturated carbocycles. The minimum Gasteiger partial charge on any atom is -0.477 e. The molecule has 1 fully saturated rings. The van der Waals surface area contributed by atoms with E-state index in [2.05, 4.69) is 4.90 Å². The van der Waals surface area contributed by atoms with Crippen molar-refractivity contribution < 1.29 is 9.47 Å². The van der Waals surface area contributed by atoms with Crippen LogP contribution in [0.25, 0.3) is 10.9 Å². The van der Waals surface area contributed by atoms with Gasteiger partial charge in [0.1, 0.15) is 12.5 Å². The van der Waals surface area contributed by atoms with Crippen molar-refractivity contribution in [1.82, 2.24) is 9.88 Å². The van der Waals surface area contributed by atoms with E-state index in [9.17, 15) is 0 Å². The van der Waals surface area contributed by atoms with Crippen LogP contribution in [-0.2, 0) is 11.3 Å². The van der Waals surface area contributed by atoms with Crippen LogP contribution in [-0.4, -0.2) is 35.9 Å². The Labute approximate surface area is 135 Å². The number of aryl methyl sites for hydroxylation is 1. The van der Waals surface area contributed by atoms with E-state index in [1.807, 2.05) is 25.1 Å². The van der Waals surface area contributed by atoms with Gasteiger partial charge in [-0.3, -0.25) is 9.88 Å². The number of benzene rings is 1. The van der Waals surface area contributed by atoms with Gasteiger partial charge in [-0.05, 0) is 38.0 Å². The Morgan fingerprint density at radius 2 is 2.32 bits per heavy atom. The summed E-state index contributed by atoms with van der Waals surface area (Å²) in [6.45, 7) is 5.31. The smallest absolute Gasteiger partial charge is 0.142 e. The summed E-state index contributed by atoms with van der Waals surface area (Å²) in [5, 5.41) is 1.72.